The first-order chi connectivity index (χ1) is 22.4. The zero-order chi connectivity index (χ0) is 33.4. The van der Waals surface area contributed by atoms with Gasteiger partial charge in [-0.15, -0.1) is 0 Å². The van der Waals surface area contributed by atoms with Gasteiger partial charge in [-0.25, -0.2) is 4.98 Å². The van der Waals surface area contributed by atoms with E-state index in [1.165, 1.54) is 0 Å². The molecule has 0 spiro atoms. The number of thiol groups is 1. The maximum atomic E-state index is 13.3. The predicted molar refractivity (Wildman–Crippen MR) is 205 cm³/mol. The molecule has 0 aliphatic heterocycles. The number of aryl methyl sites for hydroxylation is 1. The molecule has 2 heterocycles. The van der Waals surface area contributed by atoms with Crippen molar-refractivity contribution in [1.82, 2.24) is 9.97 Å². The van der Waals surface area contributed by atoms with Gasteiger partial charge in [0.05, 0.1) is 11.6 Å². The third-order valence-corrected chi connectivity index (χ3v) is 18.3. The smallest absolute Gasteiger partial charge is 0.258 e. The Morgan fingerprint density at radius 1 is 0.957 bits per heavy atom. The molecule has 0 aliphatic rings. The average Bonchev–Trinajstić information content (AvgIpc) is 3.47. The Labute approximate surface area is 282 Å². The van der Waals surface area contributed by atoms with E-state index >= 15 is 0 Å². The minimum absolute atomic E-state index is 0.106. The van der Waals surface area contributed by atoms with Crippen molar-refractivity contribution in [1.29, 1.82) is 0 Å². The summed E-state index contributed by atoms with van der Waals surface area (Å²) in [5, 5.41) is 3.75. The fraction of sp³-hybridized carbons (Fsp3) is 0.256. The van der Waals surface area contributed by atoms with Crippen LogP contribution >= 0.6 is 8.44 Å². The molecule has 0 fully saturated rings. The van der Waals surface area contributed by atoms with E-state index < -0.39 is 17.9 Å². The Balaban J connectivity index is 1.34. The molecule has 2 aromatic heterocycles. The van der Waals surface area contributed by atoms with Crippen molar-refractivity contribution in [3.8, 4) is 16.9 Å². The van der Waals surface area contributed by atoms with Crippen molar-refractivity contribution in [2.75, 3.05) is 5.75 Å². The molecule has 8 heteroatoms. The van der Waals surface area contributed by atoms with Gasteiger partial charge in [0.2, 0.25) is 0 Å². The lowest BCUT2D eigenvalue weighted by atomic mass is 9.99. The van der Waals surface area contributed by atoms with Gasteiger partial charge in [0.1, 0.15) is 11.4 Å². The van der Waals surface area contributed by atoms with Gasteiger partial charge >= 0.3 is 0 Å². The van der Waals surface area contributed by atoms with Crippen molar-refractivity contribution in [2.24, 2.45) is 0 Å². The summed E-state index contributed by atoms with van der Waals surface area (Å²) < 4.78 is 20.0. The van der Waals surface area contributed by atoms with Gasteiger partial charge in [0.15, 0.2) is 0 Å². The minimum atomic E-state index is -3.12. The summed E-state index contributed by atoms with van der Waals surface area (Å²) in [6.07, 6.45) is 3.32. The zero-order valence-corrected chi connectivity index (χ0v) is 30.9. The van der Waals surface area contributed by atoms with Crippen LogP contribution in [0.25, 0.3) is 33.1 Å². The number of pyridine rings is 1. The summed E-state index contributed by atoms with van der Waals surface area (Å²) in [5.41, 5.74) is 4.84. The van der Waals surface area contributed by atoms with Gasteiger partial charge in [-0.05, 0) is 89.1 Å². The first kappa shape index (κ1) is 33.3. The number of aromatic nitrogens is 2. The van der Waals surface area contributed by atoms with E-state index in [4.69, 9.17) is 9.72 Å². The lowest BCUT2D eigenvalue weighted by molar-refractivity contribution is 0.203. The molecule has 0 amide bonds. The number of nitrogens with zero attached hydrogens (tertiary/aromatic N) is 1. The molecule has 1 unspecified atom stereocenters. The number of ether oxygens (including phenoxy) is 1. The third kappa shape index (κ3) is 6.34. The monoisotopic (exact) mass is 680 g/mol. The van der Waals surface area contributed by atoms with E-state index in [-0.39, 0.29) is 11.1 Å². The van der Waals surface area contributed by atoms with Crippen LogP contribution in [-0.4, -0.2) is 39.1 Å². The Morgan fingerprint density at radius 3 is 2.26 bits per heavy atom. The van der Waals surface area contributed by atoms with E-state index in [0.717, 1.165) is 72.5 Å². The molecule has 2 N–H and O–H groups in total. The summed E-state index contributed by atoms with van der Waals surface area (Å²) >= 11 is 0. The molecule has 0 radical (unpaired) electrons. The molecule has 5 nitrogen and oxygen atoms in total. The van der Waals surface area contributed by atoms with Crippen molar-refractivity contribution in [2.45, 2.75) is 63.5 Å². The fourth-order valence-electron chi connectivity index (χ4n) is 6.72. The Kier molecular flexibility index (Phi) is 9.29. The summed E-state index contributed by atoms with van der Waals surface area (Å²) in [5.74, 6) is 1.36. The van der Waals surface area contributed by atoms with Crippen molar-refractivity contribution in [3.05, 3.63) is 115 Å². The second-order valence-corrected chi connectivity index (χ2v) is 22.5. The molecule has 6 rings (SSSR count). The summed E-state index contributed by atoms with van der Waals surface area (Å²) in [6, 6.07) is 34.8. The highest BCUT2D eigenvalue weighted by Crippen LogP contribution is 2.43. The van der Waals surface area contributed by atoms with Crippen molar-refractivity contribution < 1.29 is 13.7 Å². The number of fused-ring (bicyclic) bond motifs is 3. The first-order valence-corrected chi connectivity index (χ1v) is 21.8. The van der Waals surface area contributed by atoms with Gasteiger partial charge in [0.25, 0.3) is 8.32 Å². The van der Waals surface area contributed by atoms with Crippen molar-refractivity contribution >= 4 is 58.6 Å². The molecule has 0 saturated carbocycles. The molecule has 0 bridgehead atoms. The average molecular weight is 681 g/mol. The molecule has 2 atom stereocenters. The van der Waals surface area contributed by atoms with E-state index in [1.54, 1.807) is 0 Å². The van der Waals surface area contributed by atoms with Crippen LogP contribution in [0.15, 0.2) is 114 Å². The topological polar surface area (TPSA) is 75.2 Å². The van der Waals surface area contributed by atoms with Crippen LogP contribution in [0.5, 0.6) is 5.75 Å². The fourth-order valence-corrected chi connectivity index (χ4v) is 12.0. The third-order valence-electron chi connectivity index (χ3n) is 9.63. The maximum absolute atomic E-state index is 13.3. The molecular formula is C39H45N2O3PSSi. The van der Waals surface area contributed by atoms with Crippen LogP contribution in [0.1, 0.15) is 46.1 Å². The van der Waals surface area contributed by atoms with Crippen LogP contribution in [0.3, 0.4) is 0 Å². The largest absolute Gasteiger partial charge is 0.489 e. The lowest BCUT2D eigenvalue weighted by Crippen LogP contribution is -2.65. The number of H-pyrrole nitrogens is 1. The quantitative estimate of drug-likeness (QED) is 0.0738. The molecule has 47 heavy (non-hydrogen) atoms. The van der Waals surface area contributed by atoms with Gasteiger partial charge in [0, 0.05) is 27.6 Å². The van der Waals surface area contributed by atoms with Gasteiger partial charge in [-0.1, -0.05) is 112 Å². The number of benzene rings is 4. The predicted octanol–water partition coefficient (Wildman–Crippen LogP) is 7.96. The Bertz CT molecular complexity index is 2040. The highest BCUT2D eigenvalue weighted by Gasteiger charge is 2.49. The lowest BCUT2D eigenvalue weighted by Gasteiger charge is -2.41. The van der Waals surface area contributed by atoms with Crippen LogP contribution in [-0.2, 0) is 9.55 Å². The molecular weight excluding hydrogens is 636 g/mol. The molecule has 0 aliphatic carbocycles. The number of aromatic amines is 1. The van der Waals surface area contributed by atoms with Crippen LogP contribution in [0.4, 0.5) is 0 Å². The van der Waals surface area contributed by atoms with Gasteiger partial charge < -0.3 is 14.5 Å². The highest BCUT2D eigenvalue weighted by atomic mass is 32.8. The van der Waals surface area contributed by atoms with Gasteiger partial charge in [-0.2, -0.15) is 0 Å². The molecule has 4 aromatic carbocycles. The first-order valence-electron chi connectivity index (χ1n) is 16.3. The second-order valence-electron chi connectivity index (χ2n) is 13.4. The molecule has 6 aromatic rings. The standard InChI is InChI=1S/C39H45N2O3PSSi/c1-6-46(42,45)30-15-13-14-29(25-30)33-20-21-35(37-36(33)34-24-27(2)26-40-38(34)41-37)44-28(3)22-23-39(4,5)47(43,31-16-9-7-10-17-31)32-18-11-8-12-19-32/h7-21,24-26,28,43,46H,6,22-23,45H2,1-5H3,(H,40,41)/t28-/m1/s1. The van der Waals surface area contributed by atoms with Crippen LogP contribution < -0.4 is 15.1 Å². The number of rotatable bonds is 11. The Morgan fingerprint density at radius 2 is 1.62 bits per heavy atom. The van der Waals surface area contributed by atoms with E-state index in [2.05, 4.69) is 89.7 Å². The minimum Gasteiger partial charge on any atom is -0.489 e. The number of hydrogen-bond donors (Lipinski definition) is 3. The van der Waals surface area contributed by atoms with Gasteiger partial charge in [-0.3, -0.25) is 4.21 Å². The van der Waals surface area contributed by atoms with Crippen LogP contribution in [0.2, 0.25) is 5.04 Å². The van der Waals surface area contributed by atoms with E-state index in [0.29, 0.717) is 5.75 Å². The van der Waals surface area contributed by atoms with E-state index in [1.807, 2.05) is 67.7 Å². The van der Waals surface area contributed by atoms with Crippen molar-refractivity contribution in [3.63, 3.8) is 0 Å². The SMILES string of the molecule is CC[SH](=O)(P)c1cccc(-c2ccc(O[C@H](C)CCC(C)(C)[Si](O)(c3ccccc3)c3ccccc3)c3[nH]c4ncc(C)cc4c23)c1. The number of hydrogen-bond acceptors (Lipinski definition) is 4. The Hall–Kier alpha value is -3.61. The summed E-state index contributed by atoms with van der Waals surface area (Å²) in [4.78, 5) is 21.7. The van der Waals surface area contributed by atoms with E-state index in [9.17, 15) is 9.00 Å². The zero-order valence-electron chi connectivity index (χ0n) is 27.8. The molecule has 244 valence electrons. The maximum Gasteiger partial charge on any atom is 0.258 e. The highest BCUT2D eigenvalue weighted by molar-refractivity contribution is 8.45. The summed E-state index contributed by atoms with van der Waals surface area (Å²) in [6.45, 7) is 10.5. The molecule has 0 saturated heterocycles. The summed E-state index contributed by atoms with van der Waals surface area (Å²) in [7, 11) is -3.05. The number of nitrogens with one attached hydrogen (secondary N) is 1. The second kappa shape index (κ2) is 13.1. The normalized spacial score (nSPS) is 13.6. The van der Waals surface area contributed by atoms with Crippen LogP contribution in [0, 0.1) is 6.92 Å².